The first kappa shape index (κ1) is 10.6. The van der Waals surface area contributed by atoms with Gasteiger partial charge in [-0.25, -0.2) is 18.9 Å². The number of aromatic carboxylic acids is 1. The van der Waals surface area contributed by atoms with Crippen LogP contribution >= 0.6 is 11.6 Å². The SMILES string of the molecule is O=C(O)c1cc(F)c(-n2cccn2)nc1Cl. The molecule has 0 aliphatic rings. The Kier molecular flexibility index (Phi) is 2.57. The number of carboxylic acids is 1. The van der Waals surface area contributed by atoms with Crippen molar-refractivity contribution in [3.05, 3.63) is 41.1 Å². The molecule has 7 heteroatoms. The minimum atomic E-state index is -1.33. The van der Waals surface area contributed by atoms with Gasteiger partial charge in [0.05, 0.1) is 5.56 Å². The van der Waals surface area contributed by atoms with Crippen molar-refractivity contribution >= 4 is 17.6 Å². The van der Waals surface area contributed by atoms with Gasteiger partial charge in [0.1, 0.15) is 5.15 Å². The number of aromatic nitrogens is 3. The van der Waals surface area contributed by atoms with E-state index in [0.29, 0.717) is 0 Å². The van der Waals surface area contributed by atoms with E-state index in [4.69, 9.17) is 16.7 Å². The summed E-state index contributed by atoms with van der Waals surface area (Å²) in [5.74, 6) is -2.27. The molecule has 16 heavy (non-hydrogen) atoms. The molecule has 0 fully saturated rings. The molecule has 2 aromatic rings. The number of nitrogens with zero attached hydrogens (tertiary/aromatic N) is 3. The van der Waals surface area contributed by atoms with E-state index in [2.05, 4.69) is 10.1 Å². The quantitative estimate of drug-likeness (QED) is 0.814. The van der Waals surface area contributed by atoms with Crippen LogP contribution in [0, 0.1) is 5.82 Å². The maximum Gasteiger partial charge on any atom is 0.338 e. The summed E-state index contributed by atoms with van der Waals surface area (Å²) in [5.41, 5.74) is -0.380. The summed E-state index contributed by atoms with van der Waals surface area (Å²) >= 11 is 5.61. The van der Waals surface area contributed by atoms with Gasteiger partial charge in [-0.15, -0.1) is 0 Å². The number of carboxylic acid groups (broad SMARTS) is 1. The van der Waals surface area contributed by atoms with E-state index in [1.54, 1.807) is 6.07 Å². The van der Waals surface area contributed by atoms with Crippen molar-refractivity contribution in [3.63, 3.8) is 0 Å². The highest BCUT2D eigenvalue weighted by Gasteiger charge is 2.16. The zero-order valence-corrected chi connectivity index (χ0v) is 8.52. The molecule has 0 bridgehead atoms. The highest BCUT2D eigenvalue weighted by molar-refractivity contribution is 6.32. The Morgan fingerprint density at radius 3 is 2.88 bits per heavy atom. The van der Waals surface area contributed by atoms with Crippen molar-refractivity contribution in [1.82, 2.24) is 14.8 Å². The Bertz CT molecular complexity index is 542. The summed E-state index contributed by atoms with van der Waals surface area (Å²) in [4.78, 5) is 14.3. The third kappa shape index (κ3) is 1.74. The van der Waals surface area contributed by atoms with Gasteiger partial charge in [-0.05, 0) is 12.1 Å². The maximum absolute atomic E-state index is 13.5. The lowest BCUT2D eigenvalue weighted by Gasteiger charge is -2.04. The van der Waals surface area contributed by atoms with E-state index in [-0.39, 0.29) is 16.5 Å². The predicted octanol–water partition coefficient (Wildman–Crippen LogP) is 1.76. The van der Waals surface area contributed by atoms with E-state index < -0.39 is 11.8 Å². The summed E-state index contributed by atoms with van der Waals surface area (Å²) in [6.45, 7) is 0. The first-order valence-electron chi connectivity index (χ1n) is 4.19. The van der Waals surface area contributed by atoms with Gasteiger partial charge in [0, 0.05) is 12.4 Å². The van der Waals surface area contributed by atoms with Crippen LogP contribution < -0.4 is 0 Å². The van der Waals surface area contributed by atoms with Crippen molar-refractivity contribution < 1.29 is 14.3 Å². The fourth-order valence-electron chi connectivity index (χ4n) is 1.16. The Labute approximate surface area is 94.1 Å². The van der Waals surface area contributed by atoms with Crippen LogP contribution in [0.25, 0.3) is 5.82 Å². The summed E-state index contributed by atoms with van der Waals surface area (Å²) in [7, 11) is 0. The molecule has 0 aliphatic carbocycles. The number of rotatable bonds is 2. The van der Waals surface area contributed by atoms with Crippen LogP contribution in [0.1, 0.15) is 10.4 Å². The molecule has 0 saturated heterocycles. The topological polar surface area (TPSA) is 68.0 Å². The lowest BCUT2D eigenvalue weighted by Crippen LogP contribution is -2.07. The third-order valence-corrected chi connectivity index (χ3v) is 2.15. The van der Waals surface area contributed by atoms with Crippen LogP contribution in [0.5, 0.6) is 0 Å². The van der Waals surface area contributed by atoms with E-state index >= 15 is 0 Å². The fraction of sp³-hybridized carbons (Fsp3) is 0. The van der Waals surface area contributed by atoms with Crippen LogP contribution in [-0.2, 0) is 0 Å². The summed E-state index contributed by atoms with van der Waals surface area (Å²) in [6.07, 6.45) is 2.92. The second-order valence-corrected chi connectivity index (χ2v) is 3.25. The molecular weight excluding hydrogens is 237 g/mol. The second kappa shape index (κ2) is 3.90. The standard InChI is InChI=1S/C9H5ClFN3O2/c10-7-5(9(15)16)4-6(11)8(13-7)14-3-1-2-12-14/h1-4H,(H,15,16). The molecule has 0 aliphatic heterocycles. The highest BCUT2D eigenvalue weighted by atomic mass is 35.5. The molecule has 1 N–H and O–H groups in total. The molecule has 2 heterocycles. The van der Waals surface area contributed by atoms with Crippen LogP contribution in [0.4, 0.5) is 4.39 Å². The summed E-state index contributed by atoms with van der Waals surface area (Å²) in [6, 6.07) is 2.40. The van der Waals surface area contributed by atoms with Gasteiger partial charge in [-0.1, -0.05) is 11.6 Å². The third-order valence-electron chi connectivity index (χ3n) is 1.86. The van der Waals surface area contributed by atoms with Crippen molar-refractivity contribution in [2.24, 2.45) is 0 Å². The zero-order chi connectivity index (χ0) is 11.7. The van der Waals surface area contributed by atoms with Crippen LogP contribution in [-0.4, -0.2) is 25.8 Å². The number of hydrogen-bond acceptors (Lipinski definition) is 3. The number of carbonyl (C=O) groups is 1. The van der Waals surface area contributed by atoms with Gasteiger partial charge >= 0.3 is 5.97 Å². The smallest absolute Gasteiger partial charge is 0.338 e. The number of halogens is 2. The normalized spacial score (nSPS) is 10.4. The molecule has 2 rings (SSSR count). The minimum Gasteiger partial charge on any atom is -0.478 e. The maximum atomic E-state index is 13.5. The molecule has 0 atom stereocenters. The van der Waals surface area contributed by atoms with E-state index in [1.807, 2.05) is 0 Å². The Balaban J connectivity index is 2.59. The molecule has 0 saturated carbocycles. The summed E-state index contributed by atoms with van der Waals surface area (Å²) in [5, 5.41) is 12.2. The number of hydrogen-bond donors (Lipinski definition) is 1. The first-order chi connectivity index (χ1) is 7.59. The molecule has 0 aromatic carbocycles. The molecule has 0 amide bonds. The first-order valence-corrected chi connectivity index (χ1v) is 4.56. The largest absolute Gasteiger partial charge is 0.478 e. The highest BCUT2D eigenvalue weighted by Crippen LogP contribution is 2.19. The van der Waals surface area contributed by atoms with Gasteiger partial charge < -0.3 is 5.11 Å². The fourth-order valence-corrected chi connectivity index (χ4v) is 1.38. The Morgan fingerprint density at radius 1 is 1.56 bits per heavy atom. The molecule has 82 valence electrons. The van der Waals surface area contributed by atoms with Gasteiger partial charge in [-0.3, -0.25) is 0 Å². The number of pyridine rings is 1. The van der Waals surface area contributed by atoms with Crippen LogP contribution in [0.3, 0.4) is 0 Å². The molecule has 0 spiro atoms. The van der Waals surface area contributed by atoms with Crippen molar-refractivity contribution in [3.8, 4) is 5.82 Å². The van der Waals surface area contributed by atoms with Gasteiger partial charge in [0.25, 0.3) is 0 Å². The molecule has 0 unspecified atom stereocenters. The lowest BCUT2D eigenvalue weighted by molar-refractivity contribution is 0.0696. The molecule has 2 aromatic heterocycles. The zero-order valence-electron chi connectivity index (χ0n) is 7.76. The average molecular weight is 242 g/mol. The van der Waals surface area contributed by atoms with E-state index in [0.717, 1.165) is 10.7 Å². The predicted molar refractivity (Wildman–Crippen MR) is 53.3 cm³/mol. The minimum absolute atomic E-state index is 0.139. The van der Waals surface area contributed by atoms with Crippen molar-refractivity contribution in [1.29, 1.82) is 0 Å². The van der Waals surface area contributed by atoms with Crippen LogP contribution in [0.2, 0.25) is 5.15 Å². The average Bonchev–Trinajstić information content (AvgIpc) is 2.73. The van der Waals surface area contributed by atoms with Gasteiger partial charge in [0.15, 0.2) is 11.6 Å². The van der Waals surface area contributed by atoms with Crippen molar-refractivity contribution in [2.45, 2.75) is 0 Å². The van der Waals surface area contributed by atoms with Gasteiger partial charge in [-0.2, -0.15) is 5.10 Å². The van der Waals surface area contributed by atoms with Gasteiger partial charge in [0.2, 0.25) is 0 Å². The lowest BCUT2D eigenvalue weighted by atomic mass is 10.3. The molecule has 0 radical (unpaired) electrons. The van der Waals surface area contributed by atoms with Crippen molar-refractivity contribution in [2.75, 3.05) is 0 Å². The molecular formula is C9H5ClFN3O2. The Morgan fingerprint density at radius 2 is 2.31 bits per heavy atom. The van der Waals surface area contributed by atoms with Crippen LogP contribution in [0.15, 0.2) is 24.5 Å². The second-order valence-electron chi connectivity index (χ2n) is 2.89. The Hall–Kier alpha value is -1.95. The van der Waals surface area contributed by atoms with E-state index in [9.17, 15) is 9.18 Å². The monoisotopic (exact) mass is 241 g/mol. The summed E-state index contributed by atoms with van der Waals surface area (Å²) < 4.78 is 14.7. The van der Waals surface area contributed by atoms with E-state index in [1.165, 1.54) is 12.4 Å². The molecule has 5 nitrogen and oxygen atoms in total.